The molecule has 3 rings (SSSR count). The molecule has 0 aliphatic rings. The third kappa shape index (κ3) is 1.83. The van der Waals surface area contributed by atoms with Gasteiger partial charge >= 0.3 is 5.97 Å². The van der Waals surface area contributed by atoms with Crippen LogP contribution in [0.25, 0.3) is 17.0 Å². The van der Waals surface area contributed by atoms with Crippen LogP contribution in [-0.4, -0.2) is 25.7 Å². The largest absolute Gasteiger partial charge is 0.477 e. The van der Waals surface area contributed by atoms with Crippen molar-refractivity contribution in [3.05, 3.63) is 54.0 Å². The third-order valence-corrected chi connectivity index (χ3v) is 2.75. The molecular formula is C13H8FN3O2. The van der Waals surface area contributed by atoms with Crippen molar-refractivity contribution in [2.45, 2.75) is 0 Å². The molecule has 0 unspecified atom stereocenters. The van der Waals surface area contributed by atoms with Crippen LogP contribution in [0.15, 0.2) is 42.5 Å². The fraction of sp³-hybridized carbons (Fsp3) is 0. The molecule has 0 amide bonds. The van der Waals surface area contributed by atoms with E-state index in [1.54, 1.807) is 12.1 Å². The SMILES string of the molecule is O=C(O)c1cccc2nnc(-c3ccc(F)cc3)n12. The summed E-state index contributed by atoms with van der Waals surface area (Å²) >= 11 is 0. The van der Waals surface area contributed by atoms with E-state index < -0.39 is 5.97 Å². The summed E-state index contributed by atoms with van der Waals surface area (Å²) in [5.74, 6) is -1.07. The van der Waals surface area contributed by atoms with Crippen LogP contribution >= 0.6 is 0 Å². The number of pyridine rings is 1. The molecule has 0 aliphatic heterocycles. The van der Waals surface area contributed by atoms with Crippen molar-refractivity contribution >= 4 is 11.6 Å². The van der Waals surface area contributed by atoms with E-state index in [2.05, 4.69) is 10.2 Å². The first-order valence-electron chi connectivity index (χ1n) is 5.50. The lowest BCUT2D eigenvalue weighted by molar-refractivity contribution is 0.0689. The zero-order chi connectivity index (χ0) is 13.4. The van der Waals surface area contributed by atoms with Gasteiger partial charge in [0.05, 0.1) is 0 Å². The zero-order valence-electron chi connectivity index (χ0n) is 9.62. The molecule has 5 nitrogen and oxygen atoms in total. The molecule has 0 aliphatic carbocycles. The molecule has 94 valence electrons. The first kappa shape index (κ1) is 11.3. The lowest BCUT2D eigenvalue weighted by Gasteiger charge is -2.03. The van der Waals surface area contributed by atoms with E-state index >= 15 is 0 Å². The molecule has 0 saturated carbocycles. The van der Waals surface area contributed by atoms with E-state index in [4.69, 9.17) is 0 Å². The second-order valence-electron chi connectivity index (χ2n) is 3.94. The number of fused-ring (bicyclic) bond motifs is 1. The van der Waals surface area contributed by atoms with Gasteiger partial charge in [-0.2, -0.15) is 0 Å². The molecule has 3 aromatic rings. The van der Waals surface area contributed by atoms with Gasteiger partial charge in [-0.25, -0.2) is 9.18 Å². The molecule has 19 heavy (non-hydrogen) atoms. The molecule has 0 radical (unpaired) electrons. The molecular weight excluding hydrogens is 249 g/mol. The van der Waals surface area contributed by atoms with Crippen molar-refractivity contribution in [3.63, 3.8) is 0 Å². The van der Waals surface area contributed by atoms with Gasteiger partial charge in [-0.1, -0.05) is 6.07 Å². The number of halogens is 1. The number of aromatic carboxylic acids is 1. The van der Waals surface area contributed by atoms with E-state index in [1.165, 1.54) is 34.7 Å². The summed E-state index contributed by atoms with van der Waals surface area (Å²) in [7, 11) is 0. The highest BCUT2D eigenvalue weighted by molar-refractivity contribution is 5.87. The van der Waals surface area contributed by atoms with Crippen LogP contribution in [0.1, 0.15) is 10.5 Å². The lowest BCUT2D eigenvalue weighted by atomic mass is 10.2. The summed E-state index contributed by atoms with van der Waals surface area (Å²) in [5, 5.41) is 17.1. The minimum atomic E-state index is -1.08. The van der Waals surface area contributed by atoms with Crippen molar-refractivity contribution in [3.8, 4) is 11.4 Å². The summed E-state index contributed by atoms with van der Waals surface area (Å²) in [5.41, 5.74) is 1.09. The Hall–Kier alpha value is -2.76. The summed E-state index contributed by atoms with van der Waals surface area (Å²) in [6, 6.07) is 10.4. The average Bonchev–Trinajstić information content (AvgIpc) is 2.83. The maximum Gasteiger partial charge on any atom is 0.352 e. The second-order valence-corrected chi connectivity index (χ2v) is 3.94. The van der Waals surface area contributed by atoms with Crippen LogP contribution in [0.2, 0.25) is 0 Å². The van der Waals surface area contributed by atoms with Gasteiger partial charge in [0.1, 0.15) is 11.5 Å². The molecule has 1 aromatic carbocycles. The fourth-order valence-corrected chi connectivity index (χ4v) is 1.89. The Bertz CT molecular complexity index is 765. The number of aromatic nitrogens is 3. The van der Waals surface area contributed by atoms with Crippen molar-refractivity contribution in [1.82, 2.24) is 14.6 Å². The van der Waals surface area contributed by atoms with Crippen LogP contribution in [0, 0.1) is 5.82 Å². The van der Waals surface area contributed by atoms with Gasteiger partial charge < -0.3 is 5.11 Å². The van der Waals surface area contributed by atoms with E-state index in [1.807, 2.05) is 0 Å². The summed E-state index contributed by atoms with van der Waals surface area (Å²) < 4.78 is 14.3. The number of carboxylic acids is 1. The normalized spacial score (nSPS) is 10.8. The second kappa shape index (κ2) is 4.16. The first-order valence-corrected chi connectivity index (χ1v) is 5.50. The monoisotopic (exact) mass is 257 g/mol. The van der Waals surface area contributed by atoms with E-state index in [0.29, 0.717) is 17.0 Å². The number of nitrogens with zero attached hydrogens (tertiary/aromatic N) is 3. The Kier molecular flexibility index (Phi) is 2.49. The molecule has 0 saturated heterocycles. The number of hydrogen-bond donors (Lipinski definition) is 1. The van der Waals surface area contributed by atoms with Gasteiger partial charge in [-0.3, -0.25) is 4.40 Å². The Morgan fingerprint density at radius 2 is 1.84 bits per heavy atom. The fourth-order valence-electron chi connectivity index (χ4n) is 1.89. The van der Waals surface area contributed by atoms with Gasteiger partial charge in [0, 0.05) is 5.56 Å². The predicted octanol–water partition coefficient (Wildman–Crippen LogP) is 2.23. The molecule has 1 N–H and O–H groups in total. The molecule has 0 bridgehead atoms. The Labute approximate surface area is 107 Å². The highest BCUT2D eigenvalue weighted by Gasteiger charge is 2.15. The van der Waals surface area contributed by atoms with Crippen molar-refractivity contribution < 1.29 is 14.3 Å². The number of rotatable bonds is 2. The first-order chi connectivity index (χ1) is 9.16. The molecule has 0 atom stereocenters. The Balaban J connectivity index is 2.30. The highest BCUT2D eigenvalue weighted by Crippen LogP contribution is 2.20. The molecule has 2 aromatic heterocycles. The van der Waals surface area contributed by atoms with Gasteiger partial charge in [0.15, 0.2) is 11.5 Å². The van der Waals surface area contributed by atoms with Gasteiger partial charge in [0.25, 0.3) is 0 Å². The third-order valence-electron chi connectivity index (χ3n) is 2.75. The Morgan fingerprint density at radius 1 is 1.11 bits per heavy atom. The van der Waals surface area contributed by atoms with Crippen molar-refractivity contribution in [1.29, 1.82) is 0 Å². The predicted molar refractivity (Wildman–Crippen MR) is 65.3 cm³/mol. The molecule has 6 heteroatoms. The van der Waals surface area contributed by atoms with Crippen LogP contribution in [0.5, 0.6) is 0 Å². The smallest absolute Gasteiger partial charge is 0.352 e. The van der Waals surface area contributed by atoms with Crippen LogP contribution in [0.3, 0.4) is 0 Å². The quantitative estimate of drug-likeness (QED) is 0.764. The van der Waals surface area contributed by atoms with Crippen molar-refractivity contribution in [2.24, 2.45) is 0 Å². The van der Waals surface area contributed by atoms with Crippen LogP contribution < -0.4 is 0 Å². The Morgan fingerprint density at radius 3 is 2.53 bits per heavy atom. The average molecular weight is 257 g/mol. The standard InChI is InChI=1S/C13H8FN3O2/c14-9-6-4-8(5-7-9)12-16-15-11-3-1-2-10(13(18)19)17(11)12/h1-7H,(H,18,19). The van der Waals surface area contributed by atoms with Gasteiger partial charge in [0.2, 0.25) is 0 Å². The topological polar surface area (TPSA) is 67.5 Å². The number of carbonyl (C=O) groups is 1. The molecule has 0 fully saturated rings. The minimum absolute atomic E-state index is 0.0572. The molecule has 0 spiro atoms. The number of carboxylic acid groups (broad SMARTS) is 1. The lowest BCUT2D eigenvalue weighted by Crippen LogP contribution is -2.05. The summed E-state index contributed by atoms with van der Waals surface area (Å²) in [4.78, 5) is 11.2. The van der Waals surface area contributed by atoms with E-state index in [0.717, 1.165) is 0 Å². The number of hydrogen-bond acceptors (Lipinski definition) is 3. The maximum absolute atomic E-state index is 12.9. The van der Waals surface area contributed by atoms with Crippen LogP contribution in [-0.2, 0) is 0 Å². The summed E-state index contributed by atoms with van der Waals surface area (Å²) in [6.07, 6.45) is 0. The van der Waals surface area contributed by atoms with Gasteiger partial charge in [-0.15, -0.1) is 10.2 Å². The van der Waals surface area contributed by atoms with E-state index in [9.17, 15) is 14.3 Å². The summed E-state index contributed by atoms with van der Waals surface area (Å²) in [6.45, 7) is 0. The zero-order valence-corrected chi connectivity index (χ0v) is 9.62. The van der Waals surface area contributed by atoms with Crippen molar-refractivity contribution in [2.75, 3.05) is 0 Å². The molecule has 2 heterocycles. The van der Waals surface area contributed by atoms with Gasteiger partial charge in [-0.05, 0) is 36.4 Å². The van der Waals surface area contributed by atoms with Crippen LogP contribution in [0.4, 0.5) is 4.39 Å². The highest BCUT2D eigenvalue weighted by atomic mass is 19.1. The minimum Gasteiger partial charge on any atom is -0.477 e. The maximum atomic E-state index is 12.9. The number of benzene rings is 1. The van der Waals surface area contributed by atoms with E-state index in [-0.39, 0.29) is 11.5 Å².